The van der Waals surface area contributed by atoms with Crippen LogP contribution in [0.4, 0.5) is 0 Å². The maximum Gasteiger partial charge on any atom is 0.0695 e. The number of nitrogens with zero attached hydrogens (tertiary/aromatic N) is 2. The zero-order chi connectivity index (χ0) is 16.1. The van der Waals surface area contributed by atoms with E-state index in [1.165, 1.54) is 42.3 Å². The smallest absolute Gasteiger partial charge is 0.0695 e. The summed E-state index contributed by atoms with van der Waals surface area (Å²) in [4.78, 5) is 5.12. The third-order valence-electron chi connectivity index (χ3n) is 5.40. The minimum Gasteiger partial charge on any atom is -0.391 e. The Kier molecular flexibility index (Phi) is 6.52. The molecule has 1 aromatic rings. The van der Waals surface area contributed by atoms with Crippen LogP contribution in [0, 0.1) is 0 Å². The van der Waals surface area contributed by atoms with Crippen LogP contribution in [0.25, 0.3) is 0 Å². The molecule has 2 atom stereocenters. The molecule has 0 amide bonds. The lowest BCUT2D eigenvalue weighted by atomic mass is 9.91. The van der Waals surface area contributed by atoms with Gasteiger partial charge in [0.2, 0.25) is 0 Å². The number of halogens is 1. The fourth-order valence-electron chi connectivity index (χ4n) is 4.04. The molecule has 0 spiro atoms. The molecule has 0 radical (unpaired) electrons. The normalized spacial score (nSPS) is 27.2. The summed E-state index contributed by atoms with van der Waals surface area (Å²) in [5.74, 6) is 0. The Bertz CT molecular complexity index is 488. The summed E-state index contributed by atoms with van der Waals surface area (Å²) in [5, 5.41) is 10.2. The van der Waals surface area contributed by atoms with E-state index in [4.69, 9.17) is 0 Å². The van der Waals surface area contributed by atoms with Gasteiger partial charge in [0.05, 0.1) is 6.10 Å². The van der Waals surface area contributed by atoms with Crippen molar-refractivity contribution in [1.82, 2.24) is 9.80 Å². The molecular formula is C19H29BrN2O. The van der Waals surface area contributed by atoms with E-state index in [-0.39, 0.29) is 6.10 Å². The first kappa shape index (κ1) is 17.4. The predicted octanol–water partition coefficient (Wildman–Crippen LogP) is 3.30. The van der Waals surface area contributed by atoms with Gasteiger partial charge in [0.15, 0.2) is 0 Å². The van der Waals surface area contributed by atoms with Crippen LogP contribution in [0.5, 0.6) is 0 Å². The molecule has 2 aliphatic rings. The highest BCUT2D eigenvalue weighted by Gasteiger charge is 2.30. The van der Waals surface area contributed by atoms with Gasteiger partial charge < -0.3 is 10.0 Å². The highest BCUT2D eigenvalue weighted by molar-refractivity contribution is 9.10. The number of piperazine rings is 1. The first-order valence-corrected chi connectivity index (χ1v) is 9.90. The standard InChI is InChI=1S/C19H29BrN2O/c20-17-7-3-5-16(15-17)6-4-10-21-11-13-22(14-12-21)18-8-1-2-9-19(18)23/h3,5,7,15,18-19,23H,1-2,4,6,8-14H2/t18-,19-/m0/s1. The molecule has 1 aliphatic heterocycles. The Morgan fingerprint density at radius 3 is 2.61 bits per heavy atom. The van der Waals surface area contributed by atoms with E-state index < -0.39 is 0 Å². The number of aliphatic hydroxyl groups excluding tert-OH is 1. The van der Waals surface area contributed by atoms with Crippen LogP contribution in [0.3, 0.4) is 0 Å². The van der Waals surface area contributed by atoms with Crippen LogP contribution >= 0.6 is 15.9 Å². The summed E-state index contributed by atoms with van der Waals surface area (Å²) in [6, 6.07) is 9.07. The van der Waals surface area contributed by atoms with Gasteiger partial charge in [-0.15, -0.1) is 0 Å². The van der Waals surface area contributed by atoms with Crippen molar-refractivity contribution in [3.8, 4) is 0 Å². The summed E-state index contributed by atoms with van der Waals surface area (Å²) in [6.45, 7) is 5.74. The molecule has 1 aliphatic carbocycles. The van der Waals surface area contributed by atoms with E-state index in [1.807, 2.05) is 0 Å². The van der Waals surface area contributed by atoms with Gasteiger partial charge in [0.25, 0.3) is 0 Å². The van der Waals surface area contributed by atoms with Gasteiger partial charge in [-0.25, -0.2) is 0 Å². The fourth-order valence-corrected chi connectivity index (χ4v) is 4.48. The largest absolute Gasteiger partial charge is 0.391 e. The van der Waals surface area contributed by atoms with Crippen molar-refractivity contribution in [3.05, 3.63) is 34.3 Å². The third kappa shape index (κ3) is 5.02. The molecule has 3 rings (SSSR count). The van der Waals surface area contributed by atoms with Crippen LogP contribution in [0.2, 0.25) is 0 Å². The van der Waals surface area contributed by atoms with Crippen molar-refractivity contribution >= 4 is 15.9 Å². The van der Waals surface area contributed by atoms with Crippen LogP contribution in [0.15, 0.2) is 28.7 Å². The van der Waals surface area contributed by atoms with Crippen molar-refractivity contribution in [1.29, 1.82) is 0 Å². The second kappa shape index (κ2) is 8.61. The third-order valence-corrected chi connectivity index (χ3v) is 5.89. The minimum absolute atomic E-state index is 0.0909. The Hall–Kier alpha value is -0.420. The van der Waals surface area contributed by atoms with E-state index >= 15 is 0 Å². The Morgan fingerprint density at radius 1 is 1.09 bits per heavy atom. The lowest BCUT2D eigenvalue weighted by Crippen LogP contribution is -2.54. The molecule has 3 nitrogen and oxygen atoms in total. The van der Waals surface area contributed by atoms with Crippen LogP contribution in [0.1, 0.15) is 37.7 Å². The number of aliphatic hydroxyl groups is 1. The topological polar surface area (TPSA) is 26.7 Å². The lowest BCUT2D eigenvalue weighted by molar-refractivity contribution is -0.00358. The molecule has 1 aromatic carbocycles. The van der Waals surface area contributed by atoms with Gasteiger partial charge >= 0.3 is 0 Å². The highest BCUT2D eigenvalue weighted by Crippen LogP contribution is 2.24. The first-order valence-electron chi connectivity index (χ1n) is 9.11. The molecule has 2 fully saturated rings. The van der Waals surface area contributed by atoms with Gasteiger partial charge in [0, 0.05) is 36.7 Å². The van der Waals surface area contributed by atoms with Crippen molar-refractivity contribution in [2.45, 2.75) is 50.7 Å². The number of hydrogen-bond acceptors (Lipinski definition) is 3. The fraction of sp³-hybridized carbons (Fsp3) is 0.684. The number of hydrogen-bond donors (Lipinski definition) is 1. The maximum absolute atomic E-state index is 10.2. The Labute approximate surface area is 148 Å². The summed E-state index contributed by atoms with van der Waals surface area (Å²) >= 11 is 3.54. The van der Waals surface area contributed by atoms with Gasteiger partial charge in [-0.2, -0.15) is 0 Å². The zero-order valence-corrected chi connectivity index (χ0v) is 15.5. The van der Waals surface area contributed by atoms with Gasteiger partial charge in [-0.05, 0) is 49.9 Å². The van der Waals surface area contributed by atoms with Crippen LogP contribution in [-0.2, 0) is 6.42 Å². The molecular weight excluding hydrogens is 352 g/mol. The van der Waals surface area contributed by atoms with E-state index in [9.17, 15) is 5.11 Å². The molecule has 1 N–H and O–H groups in total. The van der Waals surface area contributed by atoms with Crippen molar-refractivity contribution < 1.29 is 5.11 Å². The van der Waals surface area contributed by atoms with Crippen LogP contribution < -0.4 is 0 Å². The van der Waals surface area contributed by atoms with E-state index in [1.54, 1.807) is 0 Å². The van der Waals surface area contributed by atoms with Gasteiger partial charge in [0.1, 0.15) is 0 Å². The Balaban J connectivity index is 1.37. The van der Waals surface area contributed by atoms with Gasteiger partial charge in [-0.3, -0.25) is 4.90 Å². The SMILES string of the molecule is O[C@H]1CCCC[C@@H]1N1CCN(CCCc2cccc(Br)c2)CC1. The average molecular weight is 381 g/mol. The second-order valence-corrected chi connectivity index (χ2v) is 7.95. The molecule has 23 heavy (non-hydrogen) atoms. The van der Waals surface area contributed by atoms with E-state index in [0.29, 0.717) is 6.04 Å². The van der Waals surface area contributed by atoms with E-state index in [2.05, 4.69) is 50.0 Å². The van der Waals surface area contributed by atoms with Crippen molar-refractivity contribution in [3.63, 3.8) is 0 Å². The molecule has 1 saturated heterocycles. The molecule has 0 unspecified atom stereocenters. The number of rotatable bonds is 5. The molecule has 0 aromatic heterocycles. The number of aryl methyl sites for hydroxylation is 1. The van der Waals surface area contributed by atoms with Crippen LogP contribution in [-0.4, -0.2) is 59.8 Å². The van der Waals surface area contributed by atoms with Gasteiger partial charge in [-0.1, -0.05) is 40.9 Å². The summed E-state index contributed by atoms with van der Waals surface area (Å²) in [6.07, 6.45) is 6.96. The predicted molar refractivity (Wildman–Crippen MR) is 98.7 cm³/mol. The second-order valence-electron chi connectivity index (χ2n) is 7.03. The maximum atomic E-state index is 10.2. The lowest BCUT2D eigenvalue weighted by Gasteiger charge is -2.42. The molecule has 0 bridgehead atoms. The van der Waals surface area contributed by atoms with E-state index in [0.717, 1.165) is 39.0 Å². The zero-order valence-electron chi connectivity index (χ0n) is 14.0. The average Bonchev–Trinajstić information content (AvgIpc) is 2.56. The van der Waals surface area contributed by atoms with Crippen molar-refractivity contribution in [2.75, 3.05) is 32.7 Å². The summed E-state index contributed by atoms with van der Waals surface area (Å²) in [7, 11) is 0. The Morgan fingerprint density at radius 2 is 1.87 bits per heavy atom. The monoisotopic (exact) mass is 380 g/mol. The molecule has 1 heterocycles. The first-order chi connectivity index (χ1) is 11.2. The quantitative estimate of drug-likeness (QED) is 0.848. The summed E-state index contributed by atoms with van der Waals surface area (Å²) < 4.78 is 1.18. The molecule has 1 saturated carbocycles. The minimum atomic E-state index is -0.0909. The number of benzene rings is 1. The molecule has 4 heteroatoms. The highest BCUT2D eigenvalue weighted by atomic mass is 79.9. The molecule has 128 valence electrons. The van der Waals surface area contributed by atoms with Crippen molar-refractivity contribution in [2.24, 2.45) is 0 Å². The summed E-state index contributed by atoms with van der Waals surface area (Å²) in [5.41, 5.74) is 1.42.